The molecule has 1 unspecified atom stereocenters. The first-order valence-electron chi connectivity index (χ1n) is 10.7. The summed E-state index contributed by atoms with van der Waals surface area (Å²) in [5.41, 5.74) is 9.46. The number of amides is 1. The molecule has 0 bridgehead atoms. The zero-order chi connectivity index (χ0) is 22.8. The molecule has 5 rings (SSSR count). The standard InChI is InChI=1S/C23H25N7O2S/c1-25-22(31)15-3-2-4-17(13-15)30-18-7-12-33-20(18)21(24)28-23(30)27-16-5-6-19(26-14-16)29-8-10-32-11-9-29/h2-7,12-14,23,27H,8-11H2,1H3,(H2,24,28)(H,25,31). The Kier molecular flexibility index (Phi) is 5.84. The molecule has 1 atom stereocenters. The van der Waals surface area contributed by atoms with Gasteiger partial charge in [0.05, 0.1) is 35.7 Å². The molecule has 2 aliphatic heterocycles. The summed E-state index contributed by atoms with van der Waals surface area (Å²) in [5, 5.41) is 8.11. The van der Waals surface area contributed by atoms with Gasteiger partial charge >= 0.3 is 0 Å². The second kappa shape index (κ2) is 9.08. The number of thiophene rings is 1. The van der Waals surface area contributed by atoms with Crippen LogP contribution in [0.4, 0.5) is 22.9 Å². The number of aromatic nitrogens is 1. The Morgan fingerprint density at radius 3 is 2.82 bits per heavy atom. The monoisotopic (exact) mass is 463 g/mol. The fourth-order valence-corrected chi connectivity index (χ4v) is 4.78. The molecule has 1 fully saturated rings. The Morgan fingerprint density at radius 1 is 1.21 bits per heavy atom. The minimum atomic E-state index is -0.497. The largest absolute Gasteiger partial charge is 0.383 e. The smallest absolute Gasteiger partial charge is 0.251 e. The van der Waals surface area contributed by atoms with Crippen molar-refractivity contribution < 1.29 is 9.53 Å². The molecule has 3 aromatic rings. The lowest BCUT2D eigenvalue weighted by molar-refractivity contribution is 0.0963. The highest BCUT2D eigenvalue weighted by atomic mass is 32.1. The SMILES string of the molecule is CNC(=O)c1cccc(N2c3ccsc3C(N)=NC2Nc2ccc(N3CCOCC3)nc2)c1. The number of amidine groups is 1. The number of nitrogens with zero attached hydrogens (tertiary/aromatic N) is 4. The van der Waals surface area contributed by atoms with E-state index >= 15 is 0 Å². The number of pyridine rings is 1. The first-order valence-corrected chi connectivity index (χ1v) is 11.6. The molecule has 170 valence electrons. The van der Waals surface area contributed by atoms with E-state index in [9.17, 15) is 4.79 Å². The van der Waals surface area contributed by atoms with Gasteiger partial charge in [-0.2, -0.15) is 0 Å². The summed E-state index contributed by atoms with van der Waals surface area (Å²) in [4.78, 5) is 26.7. The van der Waals surface area contributed by atoms with E-state index in [1.54, 1.807) is 30.6 Å². The van der Waals surface area contributed by atoms with Gasteiger partial charge in [0, 0.05) is 31.4 Å². The number of rotatable bonds is 5. The van der Waals surface area contributed by atoms with Crippen molar-refractivity contribution in [2.75, 3.05) is 48.5 Å². The van der Waals surface area contributed by atoms with E-state index in [4.69, 9.17) is 15.5 Å². The number of ether oxygens (including phenoxy) is 1. The lowest BCUT2D eigenvalue weighted by Gasteiger charge is -2.35. The molecule has 1 saturated heterocycles. The number of morpholine rings is 1. The van der Waals surface area contributed by atoms with Crippen molar-refractivity contribution in [3.05, 3.63) is 64.5 Å². The second-order valence-corrected chi connectivity index (χ2v) is 8.59. The number of benzene rings is 1. The van der Waals surface area contributed by atoms with Crippen molar-refractivity contribution in [1.82, 2.24) is 10.3 Å². The average Bonchev–Trinajstić information content (AvgIpc) is 3.35. The van der Waals surface area contributed by atoms with E-state index in [2.05, 4.69) is 20.5 Å². The molecule has 9 nitrogen and oxygen atoms in total. The molecule has 4 N–H and O–H groups in total. The van der Waals surface area contributed by atoms with E-state index in [0.717, 1.165) is 40.8 Å². The van der Waals surface area contributed by atoms with Gasteiger partial charge in [-0.25, -0.2) is 9.98 Å². The lowest BCUT2D eigenvalue weighted by atomic mass is 10.1. The van der Waals surface area contributed by atoms with Crippen molar-refractivity contribution in [1.29, 1.82) is 0 Å². The average molecular weight is 464 g/mol. The Bertz CT molecular complexity index is 1170. The van der Waals surface area contributed by atoms with Crippen molar-refractivity contribution >= 4 is 46.0 Å². The highest BCUT2D eigenvalue weighted by molar-refractivity contribution is 7.12. The highest BCUT2D eigenvalue weighted by Crippen LogP contribution is 2.38. The molecule has 2 aliphatic rings. The first kappa shape index (κ1) is 21.2. The number of nitrogens with one attached hydrogen (secondary N) is 2. The second-order valence-electron chi connectivity index (χ2n) is 7.67. The molecule has 33 heavy (non-hydrogen) atoms. The van der Waals surface area contributed by atoms with Crippen LogP contribution in [0.15, 0.2) is 59.0 Å². The molecule has 0 spiro atoms. The summed E-state index contributed by atoms with van der Waals surface area (Å²) in [6.07, 6.45) is 1.31. The summed E-state index contributed by atoms with van der Waals surface area (Å²) in [6, 6.07) is 13.5. The number of carbonyl (C=O) groups is 1. The van der Waals surface area contributed by atoms with Gasteiger partial charge in [0.1, 0.15) is 11.7 Å². The van der Waals surface area contributed by atoms with E-state index < -0.39 is 6.29 Å². The summed E-state index contributed by atoms with van der Waals surface area (Å²) >= 11 is 1.54. The zero-order valence-corrected chi connectivity index (χ0v) is 19.0. The number of nitrogens with two attached hydrogens (primary N) is 1. The summed E-state index contributed by atoms with van der Waals surface area (Å²) in [7, 11) is 1.62. The minimum Gasteiger partial charge on any atom is -0.383 e. The van der Waals surface area contributed by atoms with Gasteiger partial charge in [0.15, 0.2) is 0 Å². The van der Waals surface area contributed by atoms with E-state index in [1.165, 1.54) is 0 Å². The number of hydrogen-bond acceptors (Lipinski definition) is 9. The van der Waals surface area contributed by atoms with Gasteiger partial charge in [-0.15, -0.1) is 11.3 Å². The number of hydrogen-bond donors (Lipinski definition) is 3. The lowest BCUT2D eigenvalue weighted by Crippen LogP contribution is -2.42. The molecule has 2 aromatic heterocycles. The van der Waals surface area contributed by atoms with Crippen LogP contribution in [0.1, 0.15) is 15.2 Å². The molecule has 0 aliphatic carbocycles. The molecule has 1 amide bonds. The van der Waals surface area contributed by atoms with Crippen LogP contribution in [0.2, 0.25) is 0 Å². The van der Waals surface area contributed by atoms with Crippen molar-refractivity contribution in [2.24, 2.45) is 10.7 Å². The topological polar surface area (TPSA) is 108 Å². The van der Waals surface area contributed by atoms with Gasteiger partial charge in [-0.3, -0.25) is 4.79 Å². The minimum absolute atomic E-state index is 0.144. The van der Waals surface area contributed by atoms with Crippen LogP contribution in [-0.4, -0.2) is 56.4 Å². The van der Waals surface area contributed by atoms with Crippen molar-refractivity contribution in [3.63, 3.8) is 0 Å². The fourth-order valence-electron chi connectivity index (χ4n) is 3.98. The predicted molar refractivity (Wildman–Crippen MR) is 132 cm³/mol. The third-order valence-electron chi connectivity index (χ3n) is 5.63. The predicted octanol–water partition coefficient (Wildman–Crippen LogP) is 2.59. The molecular weight excluding hydrogens is 438 g/mol. The van der Waals surface area contributed by atoms with Crippen LogP contribution in [0, 0.1) is 0 Å². The molecular formula is C23H25N7O2S. The van der Waals surface area contributed by atoms with Gasteiger partial charge in [0.2, 0.25) is 6.29 Å². The van der Waals surface area contributed by atoms with E-state index in [0.29, 0.717) is 24.6 Å². The van der Waals surface area contributed by atoms with Crippen LogP contribution in [0.5, 0.6) is 0 Å². The Morgan fingerprint density at radius 2 is 2.06 bits per heavy atom. The number of carbonyl (C=O) groups excluding carboxylic acids is 1. The van der Waals surface area contributed by atoms with Crippen LogP contribution in [0.3, 0.4) is 0 Å². The summed E-state index contributed by atoms with van der Waals surface area (Å²) in [5.74, 6) is 1.26. The van der Waals surface area contributed by atoms with Crippen molar-refractivity contribution in [2.45, 2.75) is 6.29 Å². The maximum Gasteiger partial charge on any atom is 0.251 e. The van der Waals surface area contributed by atoms with Crippen LogP contribution >= 0.6 is 11.3 Å². The summed E-state index contributed by atoms with van der Waals surface area (Å²) < 4.78 is 5.42. The number of anilines is 4. The third-order valence-corrected chi connectivity index (χ3v) is 6.56. The van der Waals surface area contributed by atoms with E-state index in [-0.39, 0.29) is 5.91 Å². The fraction of sp³-hybridized carbons (Fsp3) is 0.261. The van der Waals surface area contributed by atoms with E-state index in [1.807, 2.05) is 46.7 Å². The molecule has 0 saturated carbocycles. The number of aliphatic imine (C=N–C) groups is 1. The quantitative estimate of drug-likeness (QED) is 0.534. The maximum absolute atomic E-state index is 12.2. The van der Waals surface area contributed by atoms with Crippen LogP contribution < -0.4 is 26.2 Å². The normalized spacial score (nSPS) is 17.8. The van der Waals surface area contributed by atoms with Crippen LogP contribution in [0.25, 0.3) is 0 Å². The van der Waals surface area contributed by atoms with Crippen molar-refractivity contribution in [3.8, 4) is 0 Å². The van der Waals surface area contributed by atoms with Gasteiger partial charge in [0.25, 0.3) is 5.91 Å². The van der Waals surface area contributed by atoms with Gasteiger partial charge in [-0.1, -0.05) is 6.07 Å². The summed E-state index contributed by atoms with van der Waals surface area (Å²) in [6.45, 7) is 3.09. The first-order chi connectivity index (χ1) is 16.1. The third kappa shape index (κ3) is 4.22. The molecule has 0 radical (unpaired) electrons. The van der Waals surface area contributed by atoms with Gasteiger partial charge < -0.3 is 30.9 Å². The highest BCUT2D eigenvalue weighted by Gasteiger charge is 2.30. The Balaban J connectivity index is 1.45. The zero-order valence-electron chi connectivity index (χ0n) is 18.2. The molecule has 1 aromatic carbocycles. The Labute approximate surface area is 195 Å². The maximum atomic E-state index is 12.2. The van der Waals surface area contributed by atoms with Crippen LogP contribution in [-0.2, 0) is 4.74 Å². The number of fused-ring (bicyclic) bond motifs is 1. The Hall–Kier alpha value is -3.63. The molecule has 10 heteroatoms. The van der Waals surface area contributed by atoms with Gasteiger partial charge in [-0.05, 0) is 41.8 Å². The molecule has 4 heterocycles.